The number of carbonyl (C=O) groups excluding carboxylic acids is 1. The van der Waals surface area contributed by atoms with Crippen molar-refractivity contribution in [2.24, 2.45) is 11.0 Å². The van der Waals surface area contributed by atoms with E-state index in [4.69, 9.17) is 9.15 Å². The van der Waals surface area contributed by atoms with E-state index in [9.17, 15) is 4.79 Å². The van der Waals surface area contributed by atoms with Crippen molar-refractivity contribution in [2.45, 2.75) is 31.9 Å². The van der Waals surface area contributed by atoms with Crippen LogP contribution in [0.4, 0.5) is 0 Å². The number of carbonyl (C=O) groups is 1. The quantitative estimate of drug-likeness (QED) is 0.847. The SMILES string of the molecule is CC1(C)CC2=NN(C(=O)c3ccco3)[C@H](c3ccccc3)[C@H]2CO1. The maximum absolute atomic E-state index is 12.9. The molecule has 1 aromatic heterocycles. The molecule has 0 aliphatic carbocycles. The molecule has 1 fully saturated rings. The number of furan rings is 1. The number of nitrogens with zero attached hydrogens (tertiary/aromatic N) is 2. The first kappa shape index (κ1) is 15.1. The maximum atomic E-state index is 12.9. The molecule has 2 aliphatic heterocycles. The van der Waals surface area contributed by atoms with Gasteiger partial charge in [0.1, 0.15) is 0 Å². The van der Waals surface area contributed by atoms with Gasteiger partial charge in [0.25, 0.3) is 0 Å². The Morgan fingerprint density at radius 3 is 2.71 bits per heavy atom. The standard InChI is InChI=1S/C19H20N2O3/c1-19(2)11-15-14(12-24-19)17(13-7-4-3-5-8-13)21(20-15)18(22)16-9-6-10-23-16/h3-10,14,17H,11-12H2,1-2H3/t14-,17+/m0/s1. The monoisotopic (exact) mass is 324 g/mol. The lowest BCUT2D eigenvalue weighted by molar-refractivity contribution is -0.0425. The Balaban J connectivity index is 1.74. The van der Waals surface area contributed by atoms with Gasteiger partial charge in [0, 0.05) is 18.1 Å². The Labute approximate surface area is 140 Å². The number of benzene rings is 1. The van der Waals surface area contributed by atoms with Crippen molar-refractivity contribution in [3.8, 4) is 0 Å². The molecule has 1 aromatic carbocycles. The zero-order chi connectivity index (χ0) is 16.7. The van der Waals surface area contributed by atoms with Crippen molar-refractivity contribution in [3.05, 3.63) is 60.1 Å². The summed E-state index contributed by atoms with van der Waals surface area (Å²) in [5.41, 5.74) is 1.84. The van der Waals surface area contributed by atoms with Crippen LogP contribution in [0.1, 0.15) is 42.4 Å². The highest BCUT2D eigenvalue weighted by Crippen LogP contribution is 2.42. The molecule has 1 saturated heterocycles. The molecule has 24 heavy (non-hydrogen) atoms. The smallest absolute Gasteiger partial charge is 0.310 e. The van der Waals surface area contributed by atoms with E-state index >= 15 is 0 Å². The van der Waals surface area contributed by atoms with Crippen molar-refractivity contribution in [2.75, 3.05) is 6.61 Å². The molecule has 124 valence electrons. The van der Waals surface area contributed by atoms with Crippen LogP contribution in [-0.2, 0) is 4.74 Å². The summed E-state index contributed by atoms with van der Waals surface area (Å²) >= 11 is 0. The third-order valence-electron chi connectivity index (χ3n) is 4.65. The number of hydrogen-bond acceptors (Lipinski definition) is 4. The van der Waals surface area contributed by atoms with Gasteiger partial charge < -0.3 is 9.15 Å². The second-order valence-electron chi connectivity index (χ2n) is 6.93. The minimum Gasteiger partial charge on any atom is -0.459 e. The van der Waals surface area contributed by atoms with Gasteiger partial charge in [-0.3, -0.25) is 4.79 Å². The molecule has 0 spiro atoms. The third kappa shape index (κ3) is 2.55. The normalized spacial score (nSPS) is 25.2. The van der Waals surface area contributed by atoms with Gasteiger partial charge in [-0.1, -0.05) is 30.3 Å². The highest BCUT2D eigenvalue weighted by atomic mass is 16.5. The molecular formula is C19H20N2O3. The average Bonchev–Trinajstić information content (AvgIpc) is 3.21. The largest absolute Gasteiger partial charge is 0.459 e. The summed E-state index contributed by atoms with van der Waals surface area (Å²) in [7, 11) is 0. The van der Waals surface area contributed by atoms with Crippen LogP contribution < -0.4 is 0 Å². The maximum Gasteiger partial charge on any atom is 0.310 e. The fourth-order valence-electron chi connectivity index (χ4n) is 3.49. The summed E-state index contributed by atoms with van der Waals surface area (Å²) in [5.74, 6) is 0.173. The molecule has 1 amide bonds. The van der Waals surface area contributed by atoms with Gasteiger partial charge in [0.05, 0.1) is 24.5 Å². The van der Waals surface area contributed by atoms with Crippen LogP contribution in [0.3, 0.4) is 0 Å². The third-order valence-corrected chi connectivity index (χ3v) is 4.65. The molecule has 0 saturated carbocycles. The second-order valence-corrected chi connectivity index (χ2v) is 6.93. The van der Waals surface area contributed by atoms with Crippen LogP contribution in [0.5, 0.6) is 0 Å². The molecule has 0 bridgehead atoms. The first-order chi connectivity index (χ1) is 11.6. The Morgan fingerprint density at radius 1 is 1.21 bits per heavy atom. The van der Waals surface area contributed by atoms with Crippen molar-refractivity contribution in [1.82, 2.24) is 5.01 Å². The lowest BCUT2D eigenvalue weighted by atomic mass is 9.83. The van der Waals surface area contributed by atoms with Gasteiger partial charge >= 0.3 is 5.91 Å². The zero-order valence-electron chi connectivity index (χ0n) is 13.8. The molecular weight excluding hydrogens is 304 g/mol. The lowest BCUT2D eigenvalue weighted by Gasteiger charge is -2.35. The van der Waals surface area contributed by atoms with Gasteiger partial charge in [-0.15, -0.1) is 0 Å². The van der Waals surface area contributed by atoms with Crippen molar-refractivity contribution in [1.29, 1.82) is 0 Å². The number of ether oxygens (including phenoxy) is 1. The molecule has 2 aromatic rings. The number of hydrogen-bond donors (Lipinski definition) is 0. The summed E-state index contributed by atoms with van der Waals surface area (Å²) in [6, 6.07) is 13.2. The summed E-state index contributed by atoms with van der Waals surface area (Å²) in [6.45, 7) is 4.67. The van der Waals surface area contributed by atoms with Crippen LogP contribution in [-0.4, -0.2) is 28.8 Å². The van der Waals surface area contributed by atoms with E-state index in [2.05, 4.69) is 18.9 Å². The second kappa shape index (κ2) is 5.60. The Hall–Kier alpha value is -2.40. The molecule has 0 radical (unpaired) electrons. The summed E-state index contributed by atoms with van der Waals surface area (Å²) < 4.78 is 11.3. The van der Waals surface area contributed by atoms with Gasteiger partial charge in [-0.25, -0.2) is 5.01 Å². The average molecular weight is 324 g/mol. The minimum atomic E-state index is -0.250. The minimum absolute atomic E-state index is 0.0827. The van der Waals surface area contributed by atoms with E-state index in [0.29, 0.717) is 12.4 Å². The first-order valence-electron chi connectivity index (χ1n) is 8.18. The van der Waals surface area contributed by atoms with E-state index in [1.54, 1.807) is 17.1 Å². The fraction of sp³-hybridized carbons (Fsp3) is 0.368. The molecule has 2 aliphatic rings. The van der Waals surface area contributed by atoms with E-state index in [1.807, 2.05) is 30.3 Å². The van der Waals surface area contributed by atoms with Gasteiger partial charge in [-0.05, 0) is 31.5 Å². The van der Waals surface area contributed by atoms with Crippen LogP contribution in [0.2, 0.25) is 0 Å². The molecule has 5 nitrogen and oxygen atoms in total. The van der Waals surface area contributed by atoms with E-state index < -0.39 is 0 Å². The Morgan fingerprint density at radius 2 is 2.00 bits per heavy atom. The number of fused-ring (bicyclic) bond motifs is 1. The van der Waals surface area contributed by atoms with Crippen LogP contribution >= 0.6 is 0 Å². The molecule has 2 atom stereocenters. The predicted octanol–water partition coefficient (Wildman–Crippen LogP) is 3.65. The molecule has 5 heteroatoms. The van der Waals surface area contributed by atoms with Crippen molar-refractivity contribution < 1.29 is 13.9 Å². The lowest BCUT2D eigenvalue weighted by Crippen LogP contribution is -2.41. The predicted molar refractivity (Wildman–Crippen MR) is 89.6 cm³/mol. The zero-order valence-corrected chi connectivity index (χ0v) is 13.8. The van der Waals surface area contributed by atoms with Crippen molar-refractivity contribution >= 4 is 11.6 Å². The van der Waals surface area contributed by atoms with E-state index in [1.165, 1.54) is 6.26 Å². The fourth-order valence-corrected chi connectivity index (χ4v) is 3.49. The van der Waals surface area contributed by atoms with Crippen LogP contribution in [0.25, 0.3) is 0 Å². The molecule has 0 N–H and O–H groups in total. The first-order valence-corrected chi connectivity index (χ1v) is 8.18. The van der Waals surface area contributed by atoms with Gasteiger partial charge in [-0.2, -0.15) is 5.10 Å². The number of amides is 1. The Bertz CT molecular complexity index is 765. The van der Waals surface area contributed by atoms with Crippen LogP contribution in [0, 0.1) is 5.92 Å². The van der Waals surface area contributed by atoms with Crippen LogP contribution in [0.15, 0.2) is 58.2 Å². The summed E-state index contributed by atoms with van der Waals surface area (Å²) in [4.78, 5) is 12.9. The Kier molecular flexibility index (Phi) is 3.53. The molecule has 4 rings (SSSR count). The molecule has 0 unspecified atom stereocenters. The van der Waals surface area contributed by atoms with E-state index in [0.717, 1.165) is 17.7 Å². The van der Waals surface area contributed by atoms with E-state index in [-0.39, 0.29) is 23.5 Å². The highest BCUT2D eigenvalue weighted by molar-refractivity contribution is 5.97. The summed E-state index contributed by atoms with van der Waals surface area (Å²) in [5, 5.41) is 6.25. The molecule has 3 heterocycles. The van der Waals surface area contributed by atoms with Gasteiger partial charge in [0.15, 0.2) is 5.76 Å². The summed E-state index contributed by atoms with van der Waals surface area (Å²) in [6.07, 6.45) is 2.23. The topological polar surface area (TPSA) is 55.0 Å². The number of hydrazone groups is 1. The number of rotatable bonds is 2. The van der Waals surface area contributed by atoms with Gasteiger partial charge in [0.2, 0.25) is 0 Å². The highest BCUT2D eigenvalue weighted by Gasteiger charge is 2.46. The van der Waals surface area contributed by atoms with Crippen molar-refractivity contribution in [3.63, 3.8) is 0 Å².